The summed E-state index contributed by atoms with van der Waals surface area (Å²) in [5.74, 6) is 0. The third-order valence-corrected chi connectivity index (χ3v) is 3.87. The van der Waals surface area contributed by atoms with E-state index in [1.807, 2.05) is 11.7 Å². The molecular weight excluding hydrogens is 200 g/mol. The van der Waals surface area contributed by atoms with Gasteiger partial charge in [0.05, 0.1) is 11.7 Å². The molecule has 3 rings (SSSR count). The van der Waals surface area contributed by atoms with Crippen LogP contribution in [0.1, 0.15) is 36.6 Å². The van der Waals surface area contributed by atoms with Gasteiger partial charge in [0.25, 0.3) is 0 Å². The second-order valence-electron chi connectivity index (χ2n) is 5.21. The Bertz CT molecular complexity index is 394. The Morgan fingerprint density at radius 3 is 2.69 bits per heavy atom. The Morgan fingerprint density at radius 1 is 1.38 bits per heavy atom. The van der Waals surface area contributed by atoms with Gasteiger partial charge in [-0.15, -0.1) is 0 Å². The fourth-order valence-electron chi connectivity index (χ4n) is 2.97. The molecule has 4 heteroatoms. The summed E-state index contributed by atoms with van der Waals surface area (Å²) in [4.78, 5) is 2.59. The van der Waals surface area contributed by atoms with Crippen LogP contribution in [-0.4, -0.2) is 33.3 Å². The second kappa shape index (κ2) is 3.57. The van der Waals surface area contributed by atoms with Crippen LogP contribution in [0, 0.1) is 6.92 Å². The second-order valence-corrected chi connectivity index (χ2v) is 5.21. The number of likely N-dealkylation sites (tertiary alicyclic amines) is 1. The molecule has 16 heavy (non-hydrogen) atoms. The van der Waals surface area contributed by atoms with Crippen LogP contribution in [0.2, 0.25) is 0 Å². The summed E-state index contributed by atoms with van der Waals surface area (Å²) in [6.07, 6.45) is 5.96. The van der Waals surface area contributed by atoms with E-state index in [9.17, 15) is 0 Å². The van der Waals surface area contributed by atoms with Crippen molar-refractivity contribution in [2.75, 3.05) is 6.54 Å². The van der Waals surface area contributed by atoms with E-state index in [2.05, 4.69) is 23.1 Å². The molecule has 1 aromatic heterocycles. The van der Waals surface area contributed by atoms with Crippen molar-refractivity contribution in [3.63, 3.8) is 0 Å². The van der Waals surface area contributed by atoms with Crippen molar-refractivity contribution in [3.8, 4) is 0 Å². The molecule has 0 bridgehead atoms. The zero-order valence-electron chi connectivity index (χ0n) is 10.1. The van der Waals surface area contributed by atoms with E-state index < -0.39 is 0 Å². The molecule has 2 N–H and O–H groups in total. The van der Waals surface area contributed by atoms with Gasteiger partial charge in [-0.25, -0.2) is 0 Å². The predicted molar refractivity (Wildman–Crippen MR) is 63.0 cm³/mol. The van der Waals surface area contributed by atoms with Crippen LogP contribution in [0.15, 0.2) is 6.20 Å². The molecule has 1 aliphatic heterocycles. The molecule has 2 aliphatic rings. The Morgan fingerprint density at radius 2 is 2.12 bits per heavy atom. The fourth-order valence-corrected chi connectivity index (χ4v) is 2.97. The molecule has 88 valence electrons. The first-order valence-electron chi connectivity index (χ1n) is 6.18. The topological polar surface area (TPSA) is 47.1 Å². The minimum atomic E-state index is 0.281. The van der Waals surface area contributed by atoms with Gasteiger partial charge < -0.3 is 5.73 Å². The van der Waals surface area contributed by atoms with Crippen LogP contribution >= 0.6 is 0 Å². The molecule has 4 nitrogen and oxygen atoms in total. The van der Waals surface area contributed by atoms with Gasteiger partial charge in [-0.3, -0.25) is 9.58 Å². The first-order chi connectivity index (χ1) is 7.66. The first-order valence-corrected chi connectivity index (χ1v) is 6.18. The average molecular weight is 220 g/mol. The summed E-state index contributed by atoms with van der Waals surface area (Å²) in [7, 11) is 1.98. The lowest BCUT2D eigenvalue weighted by Crippen LogP contribution is -2.33. The fraction of sp³-hybridized carbons (Fsp3) is 0.750. The summed E-state index contributed by atoms with van der Waals surface area (Å²) >= 11 is 0. The van der Waals surface area contributed by atoms with Gasteiger partial charge in [0.1, 0.15) is 0 Å². The van der Waals surface area contributed by atoms with Crippen molar-refractivity contribution in [1.29, 1.82) is 0 Å². The highest BCUT2D eigenvalue weighted by Crippen LogP contribution is 2.40. The normalized spacial score (nSPS) is 31.2. The zero-order valence-corrected chi connectivity index (χ0v) is 10.1. The van der Waals surface area contributed by atoms with Gasteiger partial charge in [0, 0.05) is 37.4 Å². The van der Waals surface area contributed by atoms with E-state index >= 15 is 0 Å². The van der Waals surface area contributed by atoms with Gasteiger partial charge in [-0.05, 0) is 26.2 Å². The molecule has 2 atom stereocenters. The molecule has 0 radical (unpaired) electrons. The van der Waals surface area contributed by atoms with Crippen LogP contribution in [0.3, 0.4) is 0 Å². The number of nitrogens with two attached hydrogens (primary N) is 1. The molecule has 1 saturated carbocycles. The first kappa shape index (κ1) is 10.3. The maximum absolute atomic E-state index is 6.27. The van der Waals surface area contributed by atoms with E-state index in [0.717, 1.165) is 24.7 Å². The Hall–Kier alpha value is -0.870. The Balaban J connectivity index is 1.93. The van der Waals surface area contributed by atoms with E-state index in [4.69, 9.17) is 5.73 Å². The van der Waals surface area contributed by atoms with Crippen molar-refractivity contribution in [2.45, 2.75) is 44.3 Å². The zero-order chi connectivity index (χ0) is 11.3. The minimum Gasteiger partial charge on any atom is -0.326 e. The number of rotatable bonds is 2. The summed E-state index contributed by atoms with van der Waals surface area (Å²) < 4.78 is 1.90. The summed E-state index contributed by atoms with van der Waals surface area (Å²) in [5.41, 5.74) is 8.73. The van der Waals surface area contributed by atoms with E-state index in [1.165, 1.54) is 18.4 Å². The van der Waals surface area contributed by atoms with Crippen LogP contribution < -0.4 is 5.73 Å². The van der Waals surface area contributed by atoms with Gasteiger partial charge in [-0.1, -0.05) is 0 Å². The van der Waals surface area contributed by atoms with E-state index in [-0.39, 0.29) is 6.04 Å². The lowest BCUT2D eigenvalue weighted by molar-refractivity contribution is 0.236. The highest BCUT2D eigenvalue weighted by molar-refractivity contribution is 5.24. The Kier molecular flexibility index (Phi) is 2.30. The molecule has 1 saturated heterocycles. The predicted octanol–water partition coefficient (Wildman–Crippen LogP) is 0.965. The molecule has 1 aromatic rings. The monoisotopic (exact) mass is 220 g/mol. The molecule has 2 fully saturated rings. The van der Waals surface area contributed by atoms with Gasteiger partial charge >= 0.3 is 0 Å². The van der Waals surface area contributed by atoms with Gasteiger partial charge in [0.15, 0.2) is 0 Å². The minimum absolute atomic E-state index is 0.281. The van der Waals surface area contributed by atoms with Crippen LogP contribution in [0.5, 0.6) is 0 Å². The van der Waals surface area contributed by atoms with Crippen molar-refractivity contribution in [3.05, 3.63) is 17.5 Å². The Labute approximate surface area is 96.4 Å². The van der Waals surface area contributed by atoms with Crippen LogP contribution in [0.25, 0.3) is 0 Å². The SMILES string of the molecule is Cc1nn(C)cc1C1C(N)CCN1C1CC1. The molecular formula is C12H20N4. The van der Waals surface area contributed by atoms with Gasteiger partial charge in [0.2, 0.25) is 0 Å². The smallest absolute Gasteiger partial charge is 0.0642 e. The largest absolute Gasteiger partial charge is 0.326 e. The third kappa shape index (κ3) is 1.57. The molecule has 2 unspecified atom stereocenters. The van der Waals surface area contributed by atoms with E-state index in [1.54, 1.807) is 0 Å². The lowest BCUT2D eigenvalue weighted by atomic mass is 10.0. The maximum atomic E-state index is 6.27. The molecule has 0 aromatic carbocycles. The molecule has 1 aliphatic carbocycles. The quantitative estimate of drug-likeness (QED) is 0.807. The lowest BCUT2D eigenvalue weighted by Gasteiger charge is -2.26. The van der Waals surface area contributed by atoms with Crippen molar-refractivity contribution >= 4 is 0 Å². The van der Waals surface area contributed by atoms with E-state index in [0.29, 0.717) is 6.04 Å². The maximum Gasteiger partial charge on any atom is 0.0642 e. The van der Waals surface area contributed by atoms with Crippen LogP contribution in [-0.2, 0) is 7.05 Å². The number of aromatic nitrogens is 2. The highest BCUT2D eigenvalue weighted by atomic mass is 15.3. The van der Waals surface area contributed by atoms with Gasteiger partial charge in [-0.2, -0.15) is 5.10 Å². The van der Waals surface area contributed by atoms with Crippen molar-refractivity contribution in [1.82, 2.24) is 14.7 Å². The standard InChI is InChI=1S/C12H20N4/c1-8-10(7-15(2)14-8)12-11(13)5-6-16(12)9-3-4-9/h7,9,11-12H,3-6,13H2,1-2H3. The molecule has 0 amide bonds. The van der Waals surface area contributed by atoms with Crippen molar-refractivity contribution < 1.29 is 0 Å². The number of aryl methyl sites for hydroxylation is 2. The molecule has 2 heterocycles. The third-order valence-electron chi connectivity index (χ3n) is 3.87. The number of nitrogens with zero attached hydrogens (tertiary/aromatic N) is 3. The van der Waals surface area contributed by atoms with Crippen molar-refractivity contribution in [2.24, 2.45) is 12.8 Å². The number of hydrogen-bond donors (Lipinski definition) is 1. The summed E-state index contributed by atoms with van der Waals surface area (Å²) in [6, 6.07) is 1.47. The van der Waals surface area contributed by atoms with Crippen LogP contribution in [0.4, 0.5) is 0 Å². The summed E-state index contributed by atoms with van der Waals surface area (Å²) in [6.45, 7) is 3.25. The number of hydrogen-bond acceptors (Lipinski definition) is 3. The molecule has 0 spiro atoms. The average Bonchev–Trinajstić information content (AvgIpc) is 2.92. The highest BCUT2D eigenvalue weighted by Gasteiger charge is 2.42. The summed E-state index contributed by atoms with van der Waals surface area (Å²) in [5, 5.41) is 4.44.